The van der Waals surface area contributed by atoms with E-state index in [1.165, 1.54) is 19.2 Å². The fourth-order valence-corrected chi connectivity index (χ4v) is 1.62. The molecule has 2 N–H and O–H groups in total. The molecule has 0 heterocycles. The number of esters is 1. The van der Waals surface area contributed by atoms with Crippen molar-refractivity contribution in [1.29, 1.82) is 0 Å². The Morgan fingerprint density at radius 1 is 1.30 bits per heavy atom. The lowest BCUT2D eigenvalue weighted by Gasteiger charge is -2.19. The molecule has 0 aliphatic heterocycles. The van der Waals surface area contributed by atoms with E-state index in [0.29, 0.717) is 18.0 Å². The van der Waals surface area contributed by atoms with Crippen LogP contribution < -0.4 is 10.5 Å². The van der Waals surface area contributed by atoms with E-state index in [1.54, 1.807) is 0 Å². The van der Waals surface area contributed by atoms with Gasteiger partial charge in [0.25, 0.3) is 0 Å². The number of anilines is 1. The summed E-state index contributed by atoms with van der Waals surface area (Å²) in [5.74, 6) is -0.199. The van der Waals surface area contributed by atoms with E-state index in [9.17, 15) is 4.79 Å². The summed E-state index contributed by atoms with van der Waals surface area (Å²) in [6.07, 6.45) is 0. The third kappa shape index (κ3) is 4.90. The molecule has 0 unspecified atom stereocenters. The molecule has 5 nitrogen and oxygen atoms in total. The minimum Gasteiger partial charge on any atom is -0.496 e. The minimum absolute atomic E-state index is 0.154. The lowest BCUT2D eigenvalue weighted by Crippen LogP contribution is -2.22. The van der Waals surface area contributed by atoms with Gasteiger partial charge in [0.15, 0.2) is 0 Å². The number of carbonyl (C=O) groups excluding carboxylic acids is 1. The summed E-state index contributed by atoms with van der Waals surface area (Å²) in [5.41, 5.74) is 5.96. The van der Waals surface area contributed by atoms with Crippen LogP contribution in [0.4, 0.5) is 5.69 Å². The van der Waals surface area contributed by atoms with E-state index >= 15 is 0 Å². The molecule has 6 heteroatoms. The number of methoxy groups -OCH3 is 1. The van der Waals surface area contributed by atoms with E-state index in [0.717, 1.165) is 0 Å². The number of nitrogens with two attached hydrogens (primary N) is 1. The molecule has 1 rings (SSSR count). The Bertz CT molecular complexity index is 483. The van der Waals surface area contributed by atoms with Crippen molar-refractivity contribution in [3.8, 4) is 5.75 Å². The molecule has 0 aliphatic rings. The molecular formula is C14H20ClNO4. The third-order valence-electron chi connectivity index (χ3n) is 2.39. The Morgan fingerprint density at radius 2 is 1.95 bits per heavy atom. The van der Waals surface area contributed by atoms with Crippen molar-refractivity contribution >= 4 is 23.3 Å². The van der Waals surface area contributed by atoms with Gasteiger partial charge in [-0.15, -0.1) is 0 Å². The molecule has 0 saturated carbocycles. The molecule has 0 fully saturated rings. The Labute approximate surface area is 123 Å². The normalized spacial score (nSPS) is 11.2. The zero-order valence-electron chi connectivity index (χ0n) is 12.2. The summed E-state index contributed by atoms with van der Waals surface area (Å²) in [5, 5.41) is 0.281. The van der Waals surface area contributed by atoms with Gasteiger partial charge in [-0.1, -0.05) is 11.6 Å². The van der Waals surface area contributed by atoms with Gasteiger partial charge in [0.1, 0.15) is 17.9 Å². The quantitative estimate of drug-likeness (QED) is 0.514. The van der Waals surface area contributed by atoms with Crippen LogP contribution in [0.1, 0.15) is 31.1 Å². The first-order valence-corrected chi connectivity index (χ1v) is 6.56. The Hall–Kier alpha value is -1.46. The molecule has 20 heavy (non-hydrogen) atoms. The van der Waals surface area contributed by atoms with E-state index in [-0.39, 0.29) is 22.8 Å². The van der Waals surface area contributed by atoms with E-state index in [2.05, 4.69) is 0 Å². The number of halogens is 1. The second-order valence-corrected chi connectivity index (χ2v) is 5.58. The fraction of sp³-hybridized carbons (Fsp3) is 0.500. The van der Waals surface area contributed by atoms with Crippen molar-refractivity contribution < 1.29 is 19.0 Å². The maximum absolute atomic E-state index is 12.0. The highest BCUT2D eigenvalue weighted by atomic mass is 35.5. The zero-order chi connectivity index (χ0) is 15.3. The monoisotopic (exact) mass is 301 g/mol. The van der Waals surface area contributed by atoms with Gasteiger partial charge in [-0.2, -0.15) is 0 Å². The van der Waals surface area contributed by atoms with E-state index in [4.69, 9.17) is 31.5 Å². The SMILES string of the molecule is COc1cc(N)c(Cl)cc1C(=O)OCCOC(C)(C)C. The average Bonchev–Trinajstić information content (AvgIpc) is 2.36. The maximum atomic E-state index is 12.0. The number of hydrogen-bond acceptors (Lipinski definition) is 5. The van der Waals surface area contributed by atoms with Crippen molar-refractivity contribution in [2.45, 2.75) is 26.4 Å². The molecule has 0 radical (unpaired) electrons. The molecule has 0 aromatic heterocycles. The minimum atomic E-state index is -0.527. The second-order valence-electron chi connectivity index (χ2n) is 5.17. The lowest BCUT2D eigenvalue weighted by molar-refractivity contribution is -0.0282. The van der Waals surface area contributed by atoms with Crippen molar-refractivity contribution in [3.63, 3.8) is 0 Å². The molecule has 0 spiro atoms. The Morgan fingerprint density at radius 3 is 2.50 bits per heavy atom. The first-order valence-electron chi connectivity index (χ1n) is 6.18. The second kappa shape index (κ2) is 6.81. The van der Waals surface area contributed by atoms with Crippen molar-refractivity contribution in [1.82, 2.24) is 0 Å². The number of nitrogen functional groups attached to an aromatic ring is 1. The van der Waals surface area contributed by atoms with Gasteiger partial charge >= 0.3 is 5.97 Å². The van der Waals surface area contributed by atoms with Crippen LogP contribution in [0.5, 0.6) is 5.75 Å². The van der Waals surface area contributed by atoms with Crippen LogP contribution in [0.15, 0.2) is 12.1 Å². The van der Waals surface area contributed by atoms with Crippen LogP contribution >= 0.6 is 11.6 Å². The number of benzene rings is 1. The van der Waals surface area contributed by atoms with Crippen LogP contribution in [0.2, 0.25) is 5.02 Å². The molecule has 1 aromatic carbocycles. The summed E-state index contributed by atoms with van der Waals surface area (Å²) in [6.45, 7) is 6.26. The van der Waals surface area contributed by atoms with Crippen LogP contribution in [0.25, 0.3) is 0 Å². The number of ether oxygens (including phenoxy) is 3. The molecule has 0 atom stereocenters. The number of rotatable bonds is 5. The summed E-state index contributed by atoms with van der Waals surface area (Å²) < 4.78 is 15.7. The van der Waals surface area contributed by atoms with Crippen LogP contribution in [0.3, 0.4) is 0 Å². The van der Waals surface area contributed by atoms with Crippen molar-refractivity contribution in [2.75, 3.05) is 26.1 Å². The van der Waals surface area contributed by atoms with Gasteiger partial charge < -0.3 is 19.9 Å². The van der Waals surface area contributed by atoms with E-state index in [1.807, 2.05) is 20.8 Å². The average molecular weight is 302 g/mol. The maximum Gasteiger partial charge on any atom is 0.342 e. The summed E-state index contributed by atoms with van der Waals surface area (Å²) >= 11 is 5.89. The van der Waals surface area contributed by atoms with Crippen LogP contribution in [-0.4, -0.2) is 31.9 Å². The van der Waals surface area contributed by atoms with Crippen LogP contribution in [0, 0.1) is 0 Å². The number of hydrogen-bond donors (Lipinski definition) is 1. The highest BCUT2D eigenvalue weighted by Gasteiger charge is 2.17. The first kappa shape index (κ1) is 16.6. The van der Waals surface area contributed by atoms with Gasteiger partial charge in [0, 0.05) is 6.07 Å². The van der Waals surface area contributed by atoms with Crippen molar-refractivity contribution in [2.24, 2.45) is 0 Å². The molecule has 0 aliphatic carbocycles. The summed E-state index contributed by atoms with van der Waals surface area (Å²) in [4.78, 5) is 12.0. The van der Waals surface area contributed by atoms with Crippen molar-refractivity contribution in [3.05, 3.63) is 22.7 Å². The highest BCUT2D eigenvalue weighted by molar-refractivity contribution is 6.33. The molecule has 112 valence electrons. The van der Waals surface area contributed by atoms with E-state index < -0.39 is 5.97 Å². The zero-order valence-corrected chi connectivity index (χ0v) is 12.9. The lowest BCUT2D eigenvalue weighted by atomic mass is 10.2. The molecule has 0 saturated heterocycles. The Balaban J connectivity index is 2.66. The predicted molar refractivity (Wildman–Crippen MR) is 78.4 cm³/mol. The molecule has 0 bridgehead atoms. The van der Waals surface area contributed by atoms with Gasteiger partial charge in [-0.25, -0.2) is 4.79 Å². The van der Waals surface area contributed by atoms with Gasteiger partial charge in [-0.05, 0) is 26.8 Å². The largest absolute Gasteiger partial charge is 0.496 e. The first-order chi connectivity index (χ1) is 9.24. The molecular weight excluding hydrogens is 282 g/mol. The number of carbonyl (C=O) groups is 1. The fourth-order valence-electron chi connectivity index (χ4n) is 1.46. The predicted octanol–water partition coefficient (Wildman–Crippen LogP) is 2.90. The third-order valence-corrected chi connectivity index (χ3v) is 2.72. The summed E-state index contributed by atoms with van der Waals surface area (Å²) in [7, 11) is 1.45. The molecule has 1 aromatic rings. The highest BCUT2D eigenvalue weighted by Crippen LogP contribution is 2.29. The van der Waals surface area contributed by atoms with Gasteiger partial charge in [0.2, 0.25) is 0 Å². The Kier molecular flexibility index (Phi) is 5.65. The topological polar surface area (TPSA) is 70.8 Å². The standard InChI is InChI=1S/C14H20ClNO4/c1-14(2,3)20-6-5-19-13(17)9-7-10(15)11(16)8-12(9)18-4/h7-8H,5-6,16H2,1-4H3. The van der Waals surface area contributed by atoms with Gasteiger partial charge in [0.05, 0.1) is 30.0 Å². The summed E-state index contributed by atoms with van der Waals surface area (Å²) in [6, 6.07) is 2.92. The van der Waals surface area contributed by atoms with Crippen LogP contribution in [-0.2, 0) is 9.47 Å². The smallest absolute Gasteiger partial charge is 0.342 e. The molecule has 0 amide bonds. The van der Waals surface area contributed by atoms with Gasteiger partial charge in [-0.3, -0.25) is 0 Å².